The molecule has 1 saturated carbocycles. The summed E-state index contributed by atoms with van der Waals surface area (Å²) in [4.78, 5) is 27.8. The Morgan fingerprint density at radius 1 is 1.02 bits per heavy atom. The number of carbonyl (C=O) groups excluding carboxylic acids is 1. The maximum atomic E-state index is 14.7. The standard InChI is InChI=1S/C38H54Cl2N4O2SSi/c1-24(2)32-33(35(45)43(25(3)4)31-22-30(23-31)42(9)20-21-46-48(10,11)37(5,6)7)47-36-41-38(8,27-14-18-29(40)19-15-27)34(44(32)36)26-12-16-28(39)17-13-26/h12-19,24-25,30-31,34H,20-23H2,1-11H3/t30-,31+,34-,38+/m1/s1. The molecule has 262 valence electrons. The Kier molecular flexibility index (Phi) is 11.0. The largest absolute Gasteiger partial charge is 0.416 e. The fourth-order valence-corrected chi connectivity index (χ4v) is 9.63. The normalized spacial score (nSPS) is 24.5. The first kappa shape index (κ1) is 37.4. The van der Waals surface area contributed by atoms with Gasteiger partial charge in [0.05, 0.1) is 6.04 Å². The molecule has 0 bridgehead atoms. The molecule has 1 fully saturated rings. The number of halogens is 2. The Morgan fingerprint density at radius 3 is 2.10 bits per heavy atom. The Labute approximate surface area is 304 Å². The van der Waals surface area contributed by atoms with E-state index in [9.17, 15) is 4.79 Å². The zero-order valence-electron chi connectivity index (χ0n) is 30.6. The molecule has 0 radical (unpaired) electrons. The number of allylic oxidation sites excluding steroid dienone is 1. The van der Waals surface area contributed by atoms with Crippen LogP contribution in [0.5, 0.6) is 0 Å². The topological polar surface area (TPSA) is 48.4 Å². The van der Waals surface area contributed by atoms with E-state index in [2.05, 4.69) is 114 Å². The second-order valence-corrected chi connectivity index (χ2v) is 22.7. The predicted octanol–water partition coefficient (Wildman–Crippen LogP) is 9.96. The van der Waals surface area contributed by atoms with Gasteiger partial charge in [0, 0.05) is 47.0 Å². The second-order valence-electron chi connectivity index (χ2n) is 16.0. The Bertz CT molecular complexity index is 1550. The van der Waals surface area contributed by atoms with Crippen molar-refractivity contribution in [2.75, 3.05) is 20.2 Å². The van der Waals surface area contributed by atoms with E-state index < -0.39 is 13.9 Å². The van der Waals surface area contributed by atoms with Crippen LogP contribution in [0.1, 0.15) is 85.4 Å². The van der Waals surface area contributed by atoms with E-state index >= 15 is 0 Å². The molecule has 2 aliphatic heterocycles. The van der Waals surface area contributed by atoms with E-state index in [0.29, 0.717) is 16.1 Å². The molecule has 2 aromatic rings. The maximum Gasteiger partial charge on any atom is 0.263 e. The minimum Gasteiger partial charge on any atom is -0.416 e. The van der Waals surface area contributed by atoms with Gasteiger partial charge in [-0.25, -0.2) is 4.99 Å². The highest BCUT2D eigenvalue weighted by atomic mass is 35.5. The summed E-state index contributed by atoms with van der Waals surface area (Å²) in [7, 11) is 0.427. The molecule has 0 N–H and O–H groups in total. The number of rotatable bonds is 11. The summed E-state index contributed by atoms with van der Waals surface area (Å²) in [5.41, 5.74) is 2.63. The van der Waals surface area contributed by atoms with Crippen LogP contribution in [0.15, 0.2) is 64.1 Å². The van der Waals surface area contributed by atoms with Crippen molar-refractivity contribution in [1.82, 2.24) is 14.7 Å². The molecular weight excluding hydrogens is 676 g/mol. The predicted molar refractivity (Wildman–Crippen MR) is 206 cm³/mol. The molecule has 2 atom stereocenters. The number of likely N-dealkylation sites (N-methyl/N-ethyl adjacent to an activating group) is 1. The Hall–Kier alpha value is -1.81. The number of nitrogens with zero attached hydrogens (tertiary/aromatic N) is 4. The van der Waals surface area contributed by atoms with Gasteiger partial charge < -0.3 is 19.1 Å². The summed E-state index contributed by atoms with van der Waals surface area (Å²) in [6, 6.07) is 16.6. The van der Waals surface area contributed by atoms with Crippen LogP contribution in [0.3, 0.4) is 0 Å². The number of amides is 1. The first-order valence-electron chi connectivity index (χ1n) is 17.3. The zero-order chi connectivity index (χ0) is 35.3. The average molecular weight is 730 g/mol. The fraction of sp³-hybridized carbons (Fsp3) is 0.579. The highest BCUT2D eigenvalue weighted by Crippen LogP contribution is 2.56. The molecule has 0 saturated heterocycles. The van der Waals surface area contributed by atoms with Crippen molar-refractivity contribution in [2.45, 2.75) is 116 Å². The van der Waals surface area contributed by atoms with Crippen molar-refractivity contribution in [3.63, 3.8) is 0 Å². The summed E-state index contributed by atoms with van der Waals surface area (Å²) in [5.74, 6) is 0.230. The zero-order valence-corrected chi connectivity index (χ0v) is 33.9. The number of fused-ring (bicyclic) bond motifs is 1. The first-order valence-corrected chi connectivity index (χ1v) is 21.8. The molecule has 1 aliphatic carbocycles. The third kappa shape index (κ3) is 7.17. The molecule has 3 aliphatic rings. The molecule has 1 amide bonds. The van der Waals surface area contributed by atoms with Crippen LogP contribution in [0.25, 0.3) is 0 Å². The fourth-order valence-electron chi connectivity index (χ4n) is 6.99. The number of carbonyl (C=O) groups is 1. The van der Waals surface area contributed by atoms with Gasteiger partial charge in [-0.15, -0.1) is 0 Å². The van der Waals surface area contributed by atoms with Gasteiger partial charge in [-0.2, -0.15) is 0 Å². The van der Waals surface area contributed by atoms with E-state index in [0.717, 1.165) is 52.9 Å². The summed E-state index contributed by atoms with van der Waals surface area (Å²) in [6.07, 6.45) is 1.95. The van der Waals surface area contributed by atoms with Crippen LogP contribution >= 0.6 is 35.0 Å². The number of thioether (sulfide) groups is 1. The van der Waals surface area contributed by atoms with Crippen molar-refractivity contribution >= 4 is 54.4 Å². The van der Waals surface area contributed by atoms with E-state index in [4.69, 9.17) is 32.6 Å². The van der Waals surface area contributed by atoms with Gasteiger partial charge >= 0.3 is 0 Å². The molecule has 2 aromatic carbocycles. The highest BCUT2D eigenvalue weighted by Gasteiger charge is 2.54. The lowest BCUT2D eigenvalue weighted by Gasteiger charge is -2.48. The minimum atomic E-state index is -1.77. The average Bonchev–Trinajstić information content (AvgIpc) is 3.47. The van der Waals surface area contributed by atoms with Crippen LogP contribution < -0.4 is 0 Å². The molecule has 0 spiro atoms. The number of benzene rings is 2. The van der Waals surface area contributed by atoms with Gasteiger partial charge in [-0.1, -0.05) is 82.1 Å². The summed E-state index contributed by atoms with van der Waals surface area (Å²) >= 11 is 14.2. The smallest absolute Gasteiger partial charge is 0.263 e. The molecule has 48 heavy (non-hydrogen) atoms. The lowest BCUT2D eigenvalue weighted by Crippen LogP contribution is -2.57. The SMILES string of the molecule is CC(C)C1=C(C(=O)N(C(C)C)[C@H]2C[C@@H](N(C)CCO[Si](C)(C)C(C)(C)C)C2)SC2=N[C@@](C)(c3ccc(Cl)cc3)[C@@H](c3ccc(Cl)cc3)N21. The van der Waals surface area contributed by atoms with Gasteiger partial charge in [0.2, 0.25) is 0 Å². The van der Waals surface area contributed by atoms with Crippen molar-refractivity contribution < 1.29 is 9.22 Å². The summed E-state index contributed by atoms with van der Waals surface area (Å²) in [6.45, 7) is 24.0. The van der Waals surface area contributed by atoms with Gasteiger partial charge in [-0.3, -0.25) is 4.79 Å². The molecular formula is C38H54Cl2N4O2SSi. The molecule has 10 heteroatoms. The molecule has 6 nitrogen and oxygen atoms in total. The number of aliphatic imine (C=N–C) groups is 1. The lowest BCUT2D eigenvalue weighted by atomic mass is 9.81. The number of hydrogen-bond acceptors (Lipinski definition) is 6. The molecule has 5 rings (SSSR count). The van der Waals surface area contributed by atoms with Crippen LogP contribution in [0.4, 0.5) is 0 Å². The first-order chi connectivity index (χ1) is 22.4. The van der Waals surface area contributed by atoms with Crippen molar-refractivity contribution in [1.29, 1.82) is 0 Å². The third-order valence-corrected chi connectivity index (χ3v) is 17.1. The highest BCUT2D eigenvalue weighted by molar-refractivity contribution is 8.18. The molecule has 0 aromatic heterocycles. The van der Waals surface area contributed by atoms with Crippen LogP contribution in [-0.2, 0) is 14.8 Å². The van der Waals surface area contributed by atoms with Gasteiger partial charge in [0.1, 0.15) is 10.4 Å². The number of hydrogen-bond donors (Lipinski definition) is 0. The summed E-state index contributed by atoms with van der Waals surface area (Å²) < 4.78 is 6.46. The van der Waals surface area contributed by atoms with E-state index in [-0.39, 0.29) is 35.0 Å². The second kappa shape index (κ2) is 14.1. The van der Waals surface area contributed by atoms with Crippen LogP contribution in [0, 0.1) is 5.92 Å². The van der Waals surface area contributed by atoms with Crippen molar-refractivity contribution in [3.05, 3.63) is 80.3 Å². The van der Waals surface area contributed by atoms with Crippen molar-refractivity contribution in [3.8, 4) is 0 Å². The quantitative estimate of drug-likeness (QED) is 0.216. The van der Waals surface area contributed by atoms with Crippen molar-refractivity contribution in [2.24, 2.45) is 10.9 Å². The Morgan fingerprint density at radius 2 is 1.58 bits per heavy atom. The number of amidine groups is 1. The monoisotopic (exact) mass is 728 g/mol. The molecule has 2 heterocycles. The third-order valence-electron chi connectivity index (χ3n) is 11.0. The lowest BCUT2D eigenvalue weighted by molar-refractivity contribution is -0.134. The van der Waals surface area contributed by atoms with E-state index in [1.165, 1.54) is 11.8 Å². The minimum absolute atomic E-state index is 0.0842. The molecule has 0 unspecified atom stereocenters. The Balaban J connectivity index is 1.39. The van der Waals surface area contributed by atoms with Gasteiger partial charge in [0.25, 0.3) is 5.91 Å². The van der Waals surface area contributed by atoms with Gasteiger partial charge in [0.15, 0.2) is 13.5 Å². The van der Waals surface area contributed by atoms with Crippen LogP contribution in [0.2, 0.25) is 28.2 Å². The van der Waals surface area contributed by atoms with Gasteiger partial charge in [-0.05, 0) is 112 Å². The summed E-state index contributed by atoms with van der Waals surface area (Å²) in [5, 5.41) is 2.46. The van der Waals surface area contributed by atoms with E-state index in [1.54, 1.807) is 0 Å². The maximum absolute atomic E-state index is 14.7. The van der Waals surface area contributed by atoms with E-state index in [1.807, 2.05) is 24.3 Å². The van der Waals surface area contributed by atoms with Crippen LogP contribution in [-0.4, -0.2) is 72.4 Å².